The third kappa shape index (κ3) is 5.10. The Kier molecular flexibility index (Phi) is 6.44. The predicted molar refractivity (Wildman–Crippen MR) is 119 cm³/mol. The topological polar surface area (TPSA) is 105 Å². The predicted octanol–water partition coefficient (Wildman–Crippen LogP) is 3.67. The summed E-state index contributed by atoms with van der Waals surface area (Å²) in [4.78, 5) is 36.1. The monoisotopic (exact) mass is 436 g/mol. The number of nitrogens with one attached hydrogen (secondary N) is 2. The zero-order chi connectivity index (χ0) is 22.7. The second kappa shape index (κ2) is 9.42. The number of carboxylic acids is 1. The summed E-state index contributed by atoms with van der Waals surface area (Å²) < 4.78 is 5.57. The maximum absolute atomic E-state index is 12.6. The van der Waals surface area contributed by atoms with E-state index in [0.29, 0.717) is 12.3 Å². The van der Waals surface area contributed by atoms with Gasteiger partial charge in [-0.1, -0.05) is 61.4 Å². The molecule has 0 radical (unpaired) electrons. The van der Waals surface area contributed by atoms with Crippen molar-refractivity contribution < 1.29 is 24.2 Å². The van der Waals surface area contributed by atoms with Crippen LogP contribution in [0.15, 0.2) is 48.5 Å². The summed E-state index contributed by atoms with van der Waals surface area (Å²) in [5.74, 6) is -1.02. The Hall–Kier alpha value is -3.35. The fourth-order valence-electron chi connectivity index (χ4n) is 4.36. The third-order valence-electron chi connectivity index (χ3n) is 6.09. The first-order valence-electron chi connectivity index (χ1n) is 11.1. The zero-order valence-electron chi connectivity index (χ0n) is 18.0. The van der Waals surface area contributed by atoms with Gasteiger partial charge in [-0.25, -0.2) is 4.79 Å². The molecule has 3 N–H and O–H groups in total. The molecule has 2 aromatic carbocycles. The largest absolute Gasteiger partial charge is 0.481 e. The van der Waals surface area contributed by atoms with Gasteiger partial charge < -0.3 is 20.5 Å². The molecule has 2 aliphatic rings. The summed E-state index contributed by atoms with van der Waals surface area (Å²) in [5, 5.41) is 14.3. The quantitative estimate of drug-likeness (QED) is 0.556. The van der Waals surface area contributed by atoms with Crippen molar-refractivity contribution in [3.8, 4) is 11.1 Å². The molecule has 7 nitrogen and oxygen atoms in total. The number of carbonyl (C=O) groups excluding carboxylic acids is 2. The van der Waals surface area contributed by atoms with Gasteiger partial charge in [-0.05, 0) is 41.5 Å². The molecule has 0 unspecified atom stereocenters. The van der Waals surface area contributed by atoms with E-state index in [2.05, 4.69) is 34.9 Å². The fraction of sp³-hybridized carbons (Fsp3) is 0.400. The molecule has 168 valence electrons. The number of fused-ring (bicyclic) bond motifs is 3. The molecule has 1 fully saturated rings. The first-order chi connectivity index (χ1) is 15.4. The molecule has 0 heterocycles. The first-order valence-corrected chi connectivity index (χ1v) is 11.1. The van der Waals surface area contributed by atoms with Gasteiger partial charge in [0.15, 0.2) is 0 Å². The Balaban J connectivity index is 1.38. The van der Waals surface area contributed by atoms with Gasteiger partial charge in [0.2, 0.25) is 5.91 Å². The molecule has 0 saturated heterocycles. The molecule has 0 bridgehead atoms. The highest BCUT2D eigenvalue weighted by Crippen LogP contribution is 2.44. The van der Waals surface area contributed by atoms with E-state index in [0.717, 1.165) is 35.1 Å². The maximum atomic E-state index is 12.6. The van der Waals surface area contributed by atoms with Gasteiger partial charge in [-0.15, -0.1) is 0 Å². The molecule has 2 atom stereocenters. The number of hydrogen-bond acceptors (Lipinski definition) is 4. The lowest BCUT2D eigenvalue weighted by molar-refractivity contribution is -0.137. The van der Waals surface area contributed by atoms with Crippen LogP contribution in [0.3, 0.4) is 0 Å². The summed E-state index contributed by atoms with van der Waals surface area (Å²) in [6, 6.07) is 14.9. The van der Waals surface area contributed by atoms with Crippen LogP contribution in [-0.4, -0.2) is 41.8 Å². The number of amides is 2. The zero-order valence-corrected chi connectivity index (χ0v) is 18.0. The Morgan fingerprint density at radius 3 is 2.16 bits per heavy atom. The Morgan fingerprint density at radius 2 is 1.59 bits per heavy atom. The summed E-state index contributed by atoms with van der Waals surface area (Å²) in [6.07, 6.45) is 1.77. The summed E-state index contributed by atoms with van der Waals surface area (Å²) in [6.45, 7) is 1.81. The van der Waals surface area contributed by atoms with Crippen molar-refractivity contribution >= 4 is 18.0 Å². The highest BCUT2D eigenvalue weighted by Gasteiger charge is 2.33. The van der Waals surface area contributed by atoms with Crippen molar-refractivity contribution in [2.75, 3.05) is 6.61 Å². The smallest absolute Gasteiger partial charge is 0.407 e. The molecule has 32 heavy (non-hydrogen) atoms. The Morgan fingerprint density at radius 1 is 1.00 bits per heavy atom. The van der Waals surface area contributed by atoms with Crippen molar-refractivity contribution in [2.45, 2.75) is 50.6 Å². The van der Waals surface area contributed by atoms with Gasteiger partial charge in [0.25, 0.3) is 0 Å². The van der Waals surface area contributed by atoms with E-state index in [1.165, 1.54) is 0 Å². The molecular weight excluding hydrogens is 408 g/mol. The number of benzene rings is 2. The van der Waals surface area contributed by atoms with Crippen LogP contribution >= 0.6 is 0 Å². The molecule has 2 aromatic rings. The second-order valence-corrected chi connectivity index (χ2v) is 8.71. The maximum Gasteiger partial charge on any atom is 0.407 e. The minimum absolute atomic E-state index is 0.0561. The average molecular weight is 437 g/mol. The summed E-state index contributed by atoms with van der Waals surface area (Å²) >= 11 is 0. The molecule has 7 heteroatoms. The van der Waals surface area contributed by atoms with E-state index >= 15 is 0 Å². The van der Waals surface area contributed by atoms with Crippen LogP contribution in [0.5, 0.6) is 0 Å². The standard InChI is InChI=1S/C25H28N2O5/c1-15(12-23(28)29)26-24(30)22(13-16-10-11-16)27-25(31)32-14-21-19-8-4-2-6-17(19)18-7-3-5-9-20(18)21/h2-9,15-16,21-22H,10-14H2,1H3,(H,26,30)(H,27,31)(H,28,29)/t15-,22+/m1/s1. The molecule has 2 amide bonds. The van der Waals surface area contributed by atoms with Crippen LogP contribution < -0.4 is 10.6 Å². The normalized spacial score (nSPS) is 16.4. The molecule has 0 spiro atoms. The molecule has 2 aliphatic carbocycles. The fourth-order valence-corrected chi connectivity index (χ4v) is 4.36. The van der Waals surface area contributed by atoms with Gasteiger partial charge in [0.1, 0.15) is 12.6 Å². The lowest BCUT2D eigenvalue weighted by atomic mass is 9.98. The molecule has 0 aliphatic heterocycles. The lowest BCUT2D eigenvalue weighted by Crippen LogP contribution is -2.49. The van der Waals surface area contributed by atoms with E-state index in [1.54, 1.807) is 6.92 Å². The van der Waals surface area contributed by atoms with Crippen LogP contribution in [0.4, 0.5) is 4.79 Å². The van der Waals surface area contributed by atoms with Crippen molar-refractivity contribution in [2.24, 2.45) is 5.92 Å². The first kappa shape index (κ1) is 21.9. The van der Waals surface area contributed by atoms with Gasteiger partial charge >= 0.3 is 12.1 Å². The number of ether oxygens (including phenoxy) is 1. The molecule has 4 rings (SSSR count). The van der Waals surface area contributed by atoms with E-state index in [9.17, 15) is 14.4 Å². The minimum atomic E-state index is -0.985. The van der Waals surface area contributed by atoms with Gasteiger partial charge in [0, 0.05) is 12.0 Å². The highest BCUT2D eigenvalue weighted by molar-refractivity contribution is 5.86. The highest BCUT2D eigenvalue weighted by atomic mass is 16.5. The summed E-state index contributed by atoms with van der Waals surface area (Å²) in [7, 11) is 0. The Bertz CT molecular complexity index is 971. The SMILES string of the molecule is C[C@H](CC(=O)O)NC(=O)[C@H](CC1CC1)NC(=O)OCC1c2ccccc2-c2ccccc21. The van der Waals surface area contributed by atoms with Crippen molar-refractivity contribution in [1.82, 2.24) is 10.6 Å². The van der Waals surface area contributed by atoms with Crippen LogP contribution in [0.1, 0.15) is 49.7 Å². The minimum Gasteiger partial charge on any atom is -0.481 e. The number of rotatable bonds is 9. The number of alkyl carbamates (subject to hydrolysis) is 1. The van der Waals surface area contributed by atoms with E-state index < -0.39 is 24.1 Å². The third-order valence-corrected chi connectivity index (χ3v) is 6.09. The van der Waals surface area contributed by atoms with Crippen molar-refractivity contribution in [3.05, 3.63) is 59.7 Å². The summed E-state index contributed by atoms with van der Waals surface area (Å²) in [5.41, 5.74) is 4.54. The molecular formula is C25H28N2O5. The van der Waals surface area contributed by atoms with Crippen LogP contribution in [0, 0.1) is 5.92 Å². The number of hydrogen-bond donors (Lipinski definition) is 3. The molecule has 0 aromatic heterocycles. The van der Waals surface area contributed by atoms with E-state index in [4.69, 9.17) is 9.84 Å². The van der Waals surface area contributed by atoms with Crippen molar-refractivity contribution in [1.29, 1.82) is 0 Å². The number of aliphatic carboxylic acids is 1. The van der Waals surface area contributed by atoms with E-state index in [-0.39, 0.29) is 24.9 Å². The van der Waals surface area contributed by atoms with Gasteiger partial charge in [-0.2, -0.15) is 0 Å². The van der Waals surface area contributed by atoms with Crippen LogP contribution in [-0.2, 0) is 14.3 Å². The Labute approximate surface area is 187 Å². The molecule has 1 saturated carbocycles. The van der Waals surface area contributed by atoms with E-state index in [1.807, 2.05) is 24.3 Å². The lowest BCUT2D eigenvalue weighted by Gasteiger charge is -2.21. The average Bonchev–Trinajstić information content (AvgIpc) is 3.52. The van der Waals surface area contributed by atoms with Crippen LogP contribution in [0.25, 0.3) is 11.1 Å². The van der Waals surface area contributed by atoms with Gasteiger partial charge in [-0.3, -0.25) is 9.59 Å². The van der Waals surface area contributed by atoms with Gasteiger partial charge in [0.05, 0.1) is 6.42 Å². The second-order valence-electron chi connectivity index (χ2n) is 8.71. The van der Waals surface area contributed by atoms with Crippen LogP contribution in [0.2, 0.25) is 0 Å². The van der Waals surface area contributed by atoms with Crippen molar-refractivity contribution in [3.63, 3.8) is 0 Å². The number of carboxylic acid groups (broad SMARTS) is 1. The number of carbonyl (C=O) groups is 3.